The first-order valence-electron chi connectivity index (χ1n) is 5.86. The van der Waals surface area contributed by atoms with Crippen LogP contribution in [0.2, 0.25) is 4.34 Å². The zero-order valence-corrected chi connectivity index (χ0v) is 12.9. The molecule has 2 heterocycles. The lowest BCUT2D eigenvalue weighted by Gasteiger charge is -2.05. The molecular weight excluding hydrogens is 334 g/mol. The van der Waals surface area contributed by atoms with Crippen molar-refractivity contribution < 1.29 is 13.5 Å². The van der Waals surface area contributed by atoms with Gasteiger partial charge in [0.2, 0.25) is 0 Å². The summed E-state index contributed by atoms with van der Waals surface area (Å²) in [7, 11) is -3.76. The molecule has 0 aliphatic heterocycles. The number of aliphatic hydroxyl groups excluding tert-OH is 1. The monoisotopic (exact) mass is 343 g/mol. The first kappa shape index (κ1) is 14.3. The van der Waals surface area contributed by atoms with E-state index in [1.54, 1.807) is 18.2 Å². The van der Waals surface area contributed by atoms with Gasteiger partial charge in [-0.2, -0.15) is 5.10 Å². The molecule has 0 radical (unpaired) electrons. The highest BCUT2D eigenvalue weighted by molar-refractivity contribution is 7.94. The average Bonchev–Trinajstić information content (AvgIpc) is 3.06. The predicted octanol–water partition coefficient (Wildman–Crippen LogP) is 2.57. The van der Waals surface area contributed by atoms with Gasteiger partial charge in [0.15, 0.2) is 5.82 Å². The van der Waals surface area contributed by atoms with Crippen LogP contribution in [0.3, 0.4) is 0 Å². The second-order valence-electron chi connectivity index (χ2n) is 4.23. The Bertz CT molecular complexity index is 902. The van der Waals surface area contributed by atoms with Crippen LogP contribution in [-0.4, -0.2) is 23.7 Å². The fourth-order valence-electron chi connectivity index (χ4n) is 1.97. The topological polar surface area (TPSA) is 95.1 Å². The smallest absolute Gasteiger partial charge is 0.272 e. The Morgan fingerprint density at radius 2 is 2.14 bits per heavy atom. The molecule has 0 atom stereocenters. The van der Waals surface area contributed by atoms with Crippen molar-refractivity contribution in [1.29, 1.82) is 0 Å². The van der Waals surface area contributed by atoms with Crippen molar-refractivity contribution in [3.63, 3.8) is 0 Å². The van der Waals surface area contributed by atoms with Crippen molar-refractivity contribution in [2.24, 2.45) is 0 Å². The second kappa shape index (κ2) is 5.30. The molecule has 9 heteroatoms. The normalized spacial score (nSPS) is 11.9. The first-order valence-corrected chi connectivity index (χ1v) is 8.54. The average molecular weight is 344 g/mol. The fraction of sp³-hybridized carbons (Fsp3) is 0.0833. The van der Waals surface area contributed by atoms with E-state index < -0.39 is 10.0 Å². The van der Waals surface area contributed by atoms with Gasteiger partial charge >= 0.3 is 0 Å². The maximum absolute atomic E-state index is 12.3. The molecule has 0 aliphatic rings. The lowest BCUT2D eigenvalue weighted by atomic mass is 10.1. The van der Waals surface area contributed by atoms with Gasteiger partial charge in [-0.1, -0.05) is 23.7 Å². The third kappa shape index (κ3) is 2.62. The standard InChI is InChI=1S/C12H10ClN3O3S2/c13-9-4-5-10(20-9)21(18,19)16-12-11-7(6-17)2-1-3-8(11)14-15-12/h1-5,17H,6H2,(H2,14,15,16). The van der Waals surface area contributed by atoms with Crippen molar-refractivity contribution in [3.8, 4) is 0 Å². The van der Waals surface area contributed by atoms with Gasteiger partial charge in [-0.25, -0.2) is 8.42 Å². The van der Waals surface area contributed by atoms with Crippen LogP contribution in [0.15, 0.2) is 34.5 Å². The van der Waals surface area contributed by atoms with E-state index in [4.69, 9.17) is 11.6 Å². The Morgan fingerprint density at radius 1 is 1.33 bits per heavy atom. The fourth-order valence-corrected chi connectivity index (χ4v) is 4.47. The second-order valence-corrected chi connectivity index (χ2v) is 7.86. The summed E-state index contributed by atoms with van der Waals surface area (Å²) in [5.41, 5.74) is 1.23. The summed E-state index contributed by atoms with van der Waals surface area (Å²) in [6.07, 6.45) is 0. The molecule has 0 spiro atoms. The maximum atomic E-state index is 12.3. The Hall–Kier alpha value is -1.61. The zero-order valence-electron chi connectivity index (χ0n) is 10.5. The number of nitrogens with zero attached hydrogens (tertiary/aromatic N) is 1. The summed E-state index contributed by atoms with van der Waals surface area (Å²) in [6.45, 7) is -0.212. The zero-order chi connectivity index (χ0) is 15.0. The summed E-state index contributed by atoms with van der Waals surface area (Å²) in [5.74, 6) is 0.152. The summed E-state index contributed by atoms with van der Waals surface area (Å²) >= 11 is 6.72. The molecule has 21 heavy (non-hydrogen) atoms. The molecule has 0 amide bonds. The molecule has 0 fully saturated rings. The quantitative estimate of drug-likeness (QED) is 0.678. The van der Waals surface area contributed by atoms with Gasteiger partial charge < -0.3 is 5.11 Å². The van der Waals surface area contributed by atoms with Crippen LogP contribution in [0.1, 0.15) is 5.56 Å². The number of fused-ring (bicyclic) bond motifs is 1. The van der Waals surface area contributed by atoms with Crippen LogP contribution in [0.4, 0.5) is 5.82 Å². The van der Waals surface area contributed by atoms with Crippen LogP contribution >= 0.6 is 22.9 Å². The van der Waals surface area contributed by atoms with Gasteiger partial charge in [0.25, 0.3) is 10.0 Å². The lowest BCUT2D eigenvalue weighted by molar-refractivity contribution is 0.283. The van der Waals surface area contributed by atoms with E-state index in [0.29, 0.717) is 20.8 Å². The number of hydrogen-bond donors (Lipinski definition) is 3. The van der Waals surface area contributed by atoms with Crippen molar-refractivity contribution in [1.82, 2.24) is 10.2 Å². The summed E-state index contributed by atoms with van der Waals surface area (Å²) in [5, 5.41) is 16.6. The number of halogens is 1. The van der Waals surface area contributed by atoms with Crippen LogP contribution in [0, 0.1) is 0 Å². The number of aromatic nitrogens is 2. The Labute approximate surface area is 129 Å². The molecule has 3 N–H and O–H groups in total. The molecule has 3 rings (SSSR count). The van der Waals surface area contributed by atoms with E-state index in [-0.39, 0.29) is 16.6 Å². The highest BCUT2D eigenvalue weighted by Gasteiger charge is 2.20. The summed E-state index contributed by atoms with van der Waals surface area (Å²) < 4.78 is 27.5. The minimum atomic E-state index is -3.76. The Balaban J connectivity index is 2.06. The molecule has 0 saturated carbocycles. The minimum Gasteiger partial charge on any atom is -0.392 e. The molecule has 3 aromatic rings. The van der Waals surface area contributed by atoms with Crippen LogP contribution < -0.4 is 4.72 Å². The van der Waals surface area contributed by atoms with Gasteiger partial charge in [0.1, 0.15) is 4.21 Å². The number of thiophene rings is 1. The largest absolute Gasteiger partial charge is 0.392 e. The van der Waals surface area contributed by atoms with E-state index in [2.05, 4.69) is 14.9 Å². The number of anilines is 1. The first-order chi connectivity index (χ1) is 10.0. The molecule has 2 aromatic heterocycles. The van der Waals surface area contributed by atoms with Gasteiger partial charge in [-0.3, -0.25) is 9.82 Å². The van der Waals surface area contributed by atoms with Crippen molar-refractivity contribution >= 4 is 49.7 Å². The third-order valence-corrected chi connectivity index (χ3v) is 5.95. The molecule has 6 nitrogen and oxygen atoms in total. The van der Waals surface area contributed by atoms with Gasteiger partial charge in [0, 0.05) is 0 Å². The molecular formula is C12H10ClN3O3S2. The Morgan fingerprint density at radius 3 is 2.81 bits per heavy atom. The molecule has 0 unspecified atom stereocenters. The van der Waals surface area contributed by atoms with E-state index in [1.807, 2.05) is 0 Å². The van der Waals surface area contributed by atoms with Crippen molar-refractivity contribution in [2.45, 2.75) is 10.8 Å². The van der Waals surface area contributed by atoms with Gasteiger partial charge in [-0.15, -0.1) is 11.3 Å². The summed E-state index contributed by atoms with van der Waals surface area (Å²) in [4.78, 5) is 0. The number of aromatic amines is 1. The number of sulfonamides is 1. The highest BCUT2D eigenvalue weighted by atomic mass is 35.5. The number of hydrogen-bond acceptors (Lipinski definition) is 5. The maximum Gasteiger partial charge on any atom is 0.272 e. The van der Waals surface area contributed by atoms with Crippen LogP contribution in [-0.2, 0) is 16.6 Å². The van der Waals surface area contributed by atoms with Crippen LogP contribution in [0.5, 0.6) is 0 Å². The van der Waals surface area contributed by atoms with E-state index in [0.717, 1.165) is 11.3 Å². The van der Waals surface area contributed by atoms with Gasteiger partial charge in [-0.05, 0) is 23.8 Å². The number of aliphatic hydroxyl groups is 1. The van der Waals surface area contributed by atoms with Gasteiger partial charge in [0.05, 0.1) is 21.8 Å². The number of benzene rings is 1. The Kier molecular flexibility index (Phi) is 3.62. The number of H-pyrrole nitrogens is 1. The molecule has 1 aromatic carbocycles. The number of nitrogens with one attached hydrogen (secondary N) is 2. The number of rotatable bonds is 4. The van der Waals surface area contributed by atoms with E-state index in [1.165, 1.54) is 12.1 Å². The third-order valence-electron chi connectivity index (χ3n) is 2.89. The minimum absolute atomic E-state index is 0.102. The molecule has 0 aliphatic carbocycles. The molecule has 110 valence electrons. The van der Waals surface area contributed by atoms with Crippen molar-refractivity contribution in [3.05, 3.63) is 40.2 Å². The predicted molar refractivity (Wildman–Crippen MR) is 82.2 cm³/mol. The van der Waals surface area contributed by atoms with Crippen molar-refractivity contribution in [2.75, 3.05) is 4.72 Å². The SMILES string of the molecule is O=S(=O)(Nc1n[nH]c2cccc(CO)c12)c1ccc(Cl)s1. The molecule has 0 bridgehead atoms. The van der Waals surface area contributed by atoms with Crippen LogP contribution in [0.25, 0.3) is 10.9 Å². The summed E-state index contributed by atoms with van der Waals surface area (Å²) in [6, 6.07) is 8.15. The van der Waals surface area contributed by atoms with E-state index in [9.17, 15) is 13.5 Å². The highest BCUT2D eigenvalue weighted by Crippen LogP contribution is 2.30. The lowest BCUT2D eigenvalue weighted by Crippen LogP contribution is -2.12. The molecule has 0 saturated heterocycles. The van der Waals surface area contributed by atoms with E-state index >= 15 is 0 Å².